The van der Waals surface area contributed by atoms with Gasteiger partial charge in [-0.3, -0.25) is 0 Å². The fourth-order valence-corrected chi connectivity index (χ4v) is 0. The van der Waals surface area contributed by atoms with Gasteiger partial charge in [0.1, 0.15) is 0 Å². The predicted octanol–water partition coefficient (Wildman–Crippen LogP) is 0.415. The molecule has 0 heterocycles. The summed E-state index contributed by atoms with van der Waals surface area (Å²) >= 11 is 0. The van der Waals surface area contributed by atoms with Gasteiger partial charge >= 0.3 is 0 Å². The van der Waals surface area contributed by atoms with Gasteiger partial charge in [0.05, 0.1) is 0 Å². The normalized spacial score (nSPS) is 9.60. The fourth-order valence-electron chi connectivity index (χ4n) is 0. The Morgan fingerprint density at radius 2 is 2.20 bits per heavy atom. The maximum atomic E-state index is 5.11. The highest BCUT2D eigenvalue weighted by Crippen LogP contribution is 1.80. The SMILES string of the molecule is [CH2][C@H](C)CN. The summed E-state index contributed by atoms with van der Waals surface area (Å²) in [4.78, 5) is 0. The van der Waals surface area contributed by atoms with E-state index in [1.807, 2.05) is 6.92 Å². The van der Waals surface area contributed by atoms with Crippen LogP contribution in [0.15, 0.2) is 0 Å². The van der Waals surface area contributed by atoms with Crippen LogP contribution < -0.4 is 5.73 Å². The van der Waals surface area contributed by atoms with Gasteiger partial charge in [0, 0.05) is 0 Å². The van der Waals surface area contributed by atoms with Crippen molar-refractivity contribution in [2.24, 2.45) is 11.7 Å². The summed E-state index contributed by atoms with van der Waals surface area (Å²) in [6.07, 6.45) is 0. The van der Waals surface area contributed by atoms with Crippen molar-refractivity contribution in [2.75, 3.05) is 6.54 Å². The quantitative estimate of drug-likeness (QED) is 0.477. The van der Waals surface area contributed by atoms with Crippen molar-refractivity contribution < 1.29 is 0 Å². The van der Waals surface area contributed by atoms with Crippen LogP contribution in [0, 0.1) is 12.8 Å². The third-order valence-corrected chi connectivity index (χ3v) is 0.402. The maximum Gasteiger partial charge on any atom is -0.00515 e. The molecular formula is C4H10N. The topological polar surface area (TPSA) is 26.0 Å². The van der Waals surface area contributed by atoms with E-state index in [1.54, 1.807) is 0 Å². The molecule has 0 aromatic carbocycles. The summed E-state index contributed by atoms with van der Waals surface area (Å²) in [5, 5.41) is 0. The lowest BCUT2D eigenvalue weighted by Crippen LogP contribution is -2.05. The molecule has 0 aromatic heterocycles. The summed E-state index contributed by atoms with van der Waals surface area (Å²) in [7, 11) is 0. The second-order valence-corrected chi connectivity index (χ2v) is 1.34. The lowest BCUT2D eigenvalue weighted by Gasteiger charge is -1.90. The summed E-state index contributed by atoms with van der Waals surface area (Å²) in [6.45, 7) is 6.31. The lowest BCUT2D eigenvalue weighted by atomic mass is 10.2. The fraction of sp³-hybridized carbons (Fsp3) is 0.750. The minimum atomic E-state index is 0.412. The van der Waals surface area contributed by atoms with Crippen molar-refractivity contribution in [3.63, 3.8) is 0 Å². The average Bonchev–Trinajstić information content (AvgIpc) is 1.38. The number of rotatable bonds is 1. The molecule has 0 aliphatic rings. The van der Waals surface area contributed by atoms with Crippen molar-refractivity contribution in [2.45, 2.75) is 6.92 Å². The number of hydrogen-bond donors (Lipinski definition) is 1. The van der Waals surface area contributed by atoms with Crippen molar-refractivity contribution in [1.29, 1.82) is 0 Å². The van der Waals surface area contributed by atoms with Gasteiger partial charge in [-0.1, -0.05) is 6.92 Å². The maximum absolute atomic E-state index is 5.11. The van der Waals surface area contributed by atoms with Crippen LogP contribution in [0.4, 0.5) is 0 Å². The Kier molecular flexibility index (Phi) is 2.19. The van der Waals surface area contributed by atoms with Gasteiger partial charge in [0.15, 0.2) is 0 Å². The van der Waals surface area contributed by atoms with E-state index in [2.05, 4.69) is 6.92 Å². The molecule has 1 nitrogen and oxygen atoms in total. The molecule has 31 valence electrons. The van der Waals surface area contributed by atoms with Gasteiger partial charge < -0.3 is 5.73 Å². The number of nitrogens with two attached hydrogens (primary N) is 1. The molecule has 1 radical (unpaired) electrons. The van der Waals surface area contributed by atoms with Gasteiger partial charge in [-0.15, -0.1) is 0 Å². The molecule has 0 fully saturated rings. The van der Waals surface area contributed by atoms with E-state index in [0.717, 1.165) is 0 Å². The zero-order valence-electron chi connectivity index (χ0n) is 3.57. The zero-order valence-corrected chi connectivity index (χ0v) is 3.57. The van der Waals surface area contributed by atoms with Crippen LogP contribution in [0.25, 0.3) is 0 Å². The Labute approximate surface area is 33.2 Å². The highest BCUT2D eigenvalue weighted by molar-refractivity contribution is 4.50. The third kappa shape index (κ3) is 3.96. The smallest absolute Gasteiger partial charge is 0.00515 e. The van der Waals surface area contributed by atoms with E-state index >= 15 is 0 Å². The molecular weight excluding hydrogens is 62.1 g/mol. The van der Waals surface area contributed by atoms with Crippen LogP contribution in [-0.2, 0) is 0 Å². The Hall–Kier alpha value is -0.0400. The molecule has 0 amide bonds. The molecule has 0 rings (SSSR count). The summed E-state index contributed by atoms with van der Waals surface area (Å²) < 4.78 is 0. The second-order valence-electron chi connectivity index (χ2n) is 1.34. The van der Waals surface area contributed by atoms with Crippen LogP contribution in [0.5, 0.6) is 0 Å². The second kappa shape index (κ2) is 2.21. The predicted molar refractivity (Wildman–Crippen MR) is 23.6 cm³/mol. The highest BCUT2D eigenvalue weighted by atomic mass is 14.5. The minimum absolute atomic E-state index is 0.412. The summed E-state index contributed by atoms with van der Waals surface area (Å²) in [5.74, 6) is 0.412. The van der Waals surface area contributed by atoms with Gasteiger partial charge in [-0.05, 0) is 19.4 Å². The summed E-state index contributed by atoms with van der Waals surface area (Å²) in [6, 6.07) is 0. The van der Waals surface area contributed by atoms with E-state index in [4.69, 9.17) is 5.73 Å². The molecule has 0 bridgehead atoms. The zero-order chi connectivity index (χ0) is 4.28. The van der Waals surface area contributed by atoms with Gasteiger partial charge in [0.2, 0.25) is 0 Å². The molecule has 0 saturated carbocycles. The van der Waals surface area contributed by atoms with Gasteiger partial charge in [-0.25, -0.2) is 0 Å². The molecule has 0 spiro atoms. The monoisotopic (exact) mass is 72.1 g/mol. The van der Waals surface area contributed by atoms with E-state index in [-0.39, 0.29) is 0 Å². The van der Waals surface area contributed by atoms with E-state index in [9.17, 15) is 0 Å². The van der Waals surface area contributed by atoms with Crippen LogP contribution in [0.1, 0.15) is 6.92 Å². The first-order valence-electron chi connectivity index (χ1n) is 1.80. The van der Waals surface area contributed by atoms with Crippen LogP contribution in [-0.4, -0.2) is 6.54 Å². The first kappa shape index (κ1) is 4.96. The molecule has 0 aromatic rings. The van der Waals surface area contributed by atoms with Crippen LogP contribution in [0.2, 0.25) is 0 Å². The van der Waals surface area contributed by atoms with Gasteiger partial charge in [-0.2, -0.15) is 0 Å². The molecule has 5 heavy (non-hydrogen) atoms. The number of hydrogen-bond acceptors (Lipinski definition) is 1. The van der Waals surface area contributed by atoms with Crippen molar-refractivity contribution in [3.8, 4) is 0 Å². The van der Waals surface area contributed by atoms with Crippen LogP contribution in [0.3, 0.4) is 0 Å². The van der Waals surface area contributed by atoms with Gasteiger partial charge in [0.25, 0.3) is 0 Å². The largest absolute Gasteiger partial charge is 0.330 e. The molecule has 0 unspecified atom stereocenters. The van der Waals surface area contributed by atoms with Crippen LogP contribution >= 0.6 is 0 Å². The summed E-state index contributed by atoms with van der Waals surface area (Å²) in [5.41, 5.74) is 5.11. The molecule has 0 saturated heterocycles. The Morgan fingerprint density at radius 3 is 2.20 bits per heavy atom. The van der Waals surface area contributed by atoms with Crippen molar-refractivity contribution >= 4 is 0 Å². The first-order valence-corrected chi connectivity index (χ1v) is 1.80. The van der Waals surface area contributed by atoms with Crippen molar-refractivity contribution in [1.82, 2.24) is 0 Å². The lowest BCUT2D eigenvalue weighted by molar-refractivity contribution is 0.736. The van der Waals surface area contributed by atoms with E-state index in [1.165, 1.54) is 0 Å². The average molecular weight is 72.1 g/mol. The third-order valence-electron chi connectivity index (χ3n) is 0.402. The Balaban J connectivity index is 2.54. The minimum Gasteiger partial charge on any atom is -0.330 e. The standard InChI is InChI=1S/C4H10N/c1-4(2)3-5/h4H,1,3,5H2,2H3/t4-/m1/s1. The van der Waals surface area contributed by atoms with E-state index < -0.39 is 0 Å². The first-order chi connectivity index (χ1) is 2.27. The molecule has 1 heteroatoms. The molecule has 0 aliphatic heterocycles. The molecule has 1 atom stereocenters. The highest BCUT2D eigenvalue weighted by Gasteiger charge is 1.80. The Bertz CT molecular complexity index is 17.6. The van der Waals surface area contributed by atoms with Crippen molar-refractivity contribution in [3.05, 3.63) is 6.92 Å². The molecule has 2 N–H and O–H groups in total. The Morgan fingerprint density at radius 1 is 2.00 bits per heavy atom. The molecule has 0 aliphatic carbocycles. The van der Waals surface area contributed by atoms with E-state index in [0.29, 0.717) is 12.5 Å².